The molecule has 1 aliphatic rings. The molecule has 1 aliphatic heterocycles. The van der Waals surface area contributed by atoms with Crippen LogP contribution in [0, 0.1) is 0 Å². The van der Waals surface area contributed by atoms with Gasteiger partial charge in [0.25, 0.3) is 0 Å². The molecule has 0 bridgehead atoms. The molecule has 0 unspecified atom stereocenters. The first-order valence-electron chi connectivity index (χ1n) is 8.67. The summed E-state index contributed by atoms with van der Waals surface area (Å²) < 4.78 is 38.2. The fourth-order valence-electron chi connectivity index (χ4n) is 3.24. The second kappa shape index (κ2) is 6.70. The van der Waals surface area contributed by atoms with Crippen LogP contribution in [0.5, 0.6) is 0 Å². The van der Waals surface area contributed by atoms with Gasteiger partial charge >= 0.3 is 6.18 Å². The zero-order valence-corrected chi connectivity index (χ0v) is 15.3. The highest BCUT2D eigenvalue weighted by atomic mass is 19.4. The van der Waals surface area contributed by atoms with Crippen molar-refractivity contribution in [3.05, 3.63) is 65.9 Å². The van der Waals surface area contributed by atoms with Crippen LogP contribution in [0.3, 0.4) is 0 Å². The van der Waals surface area contributed by atoms with Gasteiger partial charge < -0.3 is 15.1 Å². The van der Waals surface area contributed by atoms with Gasteiger partial charge in [-0.1, -0.05) is 18.2 Å². The van der Waals surface area contributed by atoms with E-state index in [0.717, 1.165) is 35.9 Å². The summed E-state index contributed by atoms with van der Waals surface area (Å²) in [7, 11) is 3.91. The van der Waals surface area contributed by atoms with Crippen molar-refractivity contribution in [2.24, 2.45) is 0 Å². The number of hydrogen-bond donors (Lipinski definition) is 1. The van der Waals surface area contributed by atoms with Gasteiger partial charge in [-0.15, -0.1) is 0 Å². The van der Waals surface area contributed by atoms with Crippen molar-refractivity contribution in [3.63, 3.8) is 0 Å². The molecule has 0 atom stereocenters. The maximum Gasteiger partial charge on any atom is 0.416 e. The lowest BCUT2D eigenvalue weighted by molar-refractivity contribution is -0.137. The first kappa shape index (κ1) is 18.1. The van der Waals surface area contributed by atoms with Crippen LogP contribution in [0.1, 0.15) is 11.1 Å². The molecule has 1 aromatic heterocycles. The lowest BCUT2D eigenvalue weighted by Gasteiger charge is -2.22. The third-order valence-corrected chi connectivity index (χ3v) is 4.71. The predicted molar refractivity (Wildman–Crippen MR) is 103 cm³/mol. The summed E-state index contributed by atoms with van der Waals surface area (Å²) in [5.41, 5.74) is 2.88. The minimum Gasteiger partial charge on any atom is -0.366 e. The van der Waals surface area contributed by atoms with Gasteiger partial charge in [0.1, 0.15) is 0 Å². The number of nitrogens with one attached hydrogen (secondary N) is 1. The van der Waals surface area contributed by atoms with E-state index in [1.807, 2.05) is 37.2 Å². The molecule has 0 spiro atoms. The van der Waals surface area contributed by atoms with E-state index in [9.17, 15) is 13.2 Å². The molecule has 0 fully saturated rings. The van der Waals surface area contributed by atoms with Crippen molar-refractivity contribution in [1.29, 1.82) is 0 Å². The zero-order valence-electron chi connectivity index (χ0n) is 15.3. The summed E-state index contributed by atoms with van der Waals surface area (Å²) in [5.74, 6) is 1.04. The highest BCUT2D eigenvalue weighted by Crippen LogP contribution is 2.38. The van der Waals surface area contributed by atoms with Gasteiger partial charge in [-0.05, 0) is 35.9 Å². The Kier molecular flexibility index (Phi) is 4.33. The topological polar surface area (TPSA) is 44.3 Å². The average molecular weight is 385 g/mol. The Hall–Kier alpha value is -3.29. The number of nitrogens with zero attached hydrogens (tertiary/aromatic N) is 4. The van der Waals surface area contributed by atoms with Crippen LogP contribution >= 0.6 is 0 Å². The van der Waals surface area contributed by atoms with Crippen molar-refractivity contribution >= 4 is 28.8 Å². The molecule has 0 saturated heterocycles. The molecular formula is C20H18F3N5. The van der Waals surface area contributed by atoms with Crippen LogP contribution in [0.4, 0.5) is 42.0 Å². The summed E-state index contributed by atoms with van der Waals surface area (Å²) in [4.78, 5) is 13.0. The third-order valence-electron chi connectivity index (χ3n) is 4.71. The fourth-order valence-corrected chi connectivity index (χ4v) is 3.24. The van der Waals surface area contributed by atoms with E-state index >= 15 is 0 Å². The molecule has 5 nitrogen and oxygen atoms in total. The van der Waals surface area contributed by atoms with E-state index in [4.69, 9.17) is 0 Å². The lowest BCUT2D eigenvalue weighted by atomic mass is 10.1. The minimum absolute atomic E-state index is 0.318. The van der Waals surface area contributed by atoms with Gasteiger partial charge in [-0.25, -0.2) is 4.98 Å². The van der Waals surface area contributed by atoms with E-state index in [1.54, 1.807) is 6.20 Å². The maximum atomic E-state index is 12.7. The van der Waals surface area contributed by atoms with Crippen LogP contribution in [-0.4, -0.2) is 24.1 Å². The van der Waals surface area contributed by atoms with Crippen molar-refractivity contribution < 1.29 is 13.2 Å². The Balaban J connectivity index is 1.66. The number of para-hydroxylation sites is 1. The molecule has 28 heavy (non-hydrogen) atoms. The monoisotopic (exact) mass is 385 g/mol. The quantitative estimate of drug-likeness (QED) is 0.676. The molecule has 3 aromatic rings. The van der Waals surface area contributed by atoms with Gasteiger partial charge in [0, 0.05) is 32.0 Å². The molecular weight excluding hydrogens is 367 g/mol. The summed E-state index contributed by atoms with van der Waals surface area (Å²) >= 11 is 0. The smallest absolute Gasteiger partial charge is 0.366 e. The molecule has 2 aromatic carbocycles. The number of anilines is 5. The Morgan fingerprint density at radius 3 is 2.39 bits per heavy atom. The van der Waals surface area contributed by atoms with E-state index in [2.05, 4.69) is 26.3 Å². The number of halogens is 3. The normalized spacial score (nSPS) is 13.6. The van der Waals surface area contributed by atoms with Crippen molar-refractivity contribution in [3.8, 4) is 0 Å². The summed E-state index contributed by atoms with van der Waals surface area (Å²) in [6.07, 6.45) is -2.64. The number of alkyl halides is 3. The third kappa shape index (κ3) is 3.33. The van der Waals surface area contributed by atoms with Crippen LogP contribution in [0.15, 0.2) is 54.7 Å². The van der Waals surface area contributed by atoms with Crippen LogP contribution < -0.4 is 15.1 Å². The van der Waals surface area contributed by atoms with Crippen molar-refractivity contribution in [1.82, 2.24) is 9.97 Å². The van der Waals surface area contributed by atoms with Gasteiger partial charge in [-0.2, -0.15) is 18.2 Å². The second-order valence-electron chi connectivity index (χ2n) is 6.65. The molecule has 144 valence electrons. The Morgan fingerprint density at radius 2 is 1.68 bits per heavy atom. The van der Waals surface area contributed by atoms with E-state index in [0.29, 0.717) is 11.6 Å². The zero-order chi connectivity index (χ0) is 19.9. The van der Waals surface area contributed by atoms with Crippen LogP contribution in [0.25, 0.3) is 0 Å². The second-order valence-corrected chi connectivity index (χ2v) is 6.65. The molecule has 2 heterocycles. The molecule has 4 rings (SSSR count). The van der Waals surface area contributed by atoms with E-state index < -0.39 is 11.7 Å². The number of hydrogen-bond acceptors (Lipinski definition) is 5. The standard InChI is InChI=1S/C20H18F3N5/c1-27-12-13-5-3-4-6-16(13)28(2)18-17(27)11-24-19(26-18)25-15-9-7-14(8-10-15)20(21,22)23/h3-11H,12H2,1-2H3,(H,24,25,26). The Labute approximate surface area is 160 Å². The van der Waals surface area contributed by atoms with E-state index in [-0.39, 0.29) is 0 Å². The SMILES string of the molecule is CN1Cc2ccccc2N(C)c2nc(Nc3ccc(C(F)(F)F)cc3)ncc21. The number of benzene rings is 2. The molecule has 0 saturated carbocycles. The van der Waals surface area contributed by atoms with Gasteiger partial charge in [0.05, 0.1) is 17.4 Å². The lowest BCUT2D eigenvalue weighted by Crippen LogP contribution is -2.17. The summed E-state index contributed by atoms with van der Waals surface area (Å²) in [6.45, 7) is 0.725. The first-order valence-corrected chi connectivity index (χ1v) is 8.67. The Morgan fingerprint density at radius 1 is 0.964 bits per heavy atom. The van der Waals surface area contributed by atoms with Gasteiger partial charge in [-0.3, -0.25) is 0 Å². The maximum absolute atomic E-state index is 12.7. The Bertz CT molecular complexity index is 1000. The minimum atomic E-state index is -4.36. The highest BCUT2D eigenvalue weighted by molar-refractivity contribution is 5.78. The van der Waals surface area contributed by atoms with Crippen LogP contribution in [-0.2, 0) is 12.7 Å². The first-order chi connectivity index (χ1) is 13.3. The van der Waals surface area contributed by atoms with Crippen LogP contribution in [0.2, 0.25) is 0 Å². The van der Waals surface area contributed by atoms with E-state index in [1.165, 1.54) is 17.7 Å². The molecule has 0 aliphatic carbocycles. The van der Waals surface area contributed by atoms with Gasteiger partial charge in [0.2, 0.25) is 5.95 Å². The van der Waals surface area contributed by atoms with Crippen molar-refractivity contribution in [2.75, 3.05) is 29.2 Å². The summed E-state index contributed by atoms with van der Waals surface area (Å²) in [6, 6.07) is 12.9. The van der Waals surface area contributed by atoms with Gasteiger partial charge in [0.15, 0.2) is 5.82 Å². The largest absolute Gasteiger partial charge is 0.416 e. The fraction of sp³-hybridized carbons (Fsp3) is 0.200. The number of rotatable bonds is 2. The molecule has 0 radical (unpaired) electrons. The summed E-state index contributed by atoms with van der Waals surface area (Å²) in [5, 5.41) is 2.98. The number of aromatic nitrogens is 2. The molecule has 1 N–H and O–H groups in total. The molecule has 0 amide bonds. The predicted octanol–water partition coefficient (Wildman–Crippen LogP) is 4.96. The number of fused-ring (bicyclic) bond motifs is 2. The highest BCUT2D eigenvalue weighted by Gasteiger charge is 2.30. The van der Waals surface area contributed by atoms with Crippen molar-refractivity contribution in [2.45, 2.75) is 12.7 Å². The average Bonchev–Trinajstić information content (AvgIpc) is 2.77. The molecule has 8 heteroatoms.